The molecular formula is C24H20ClF3N4O4. The first-order valence-corrected chi connectivity index (χ1v) is 11.1. The highest BCUT2D eigenvalue weighted by molar-refractivity contribution is 6.30. The van der Waals surface area contributed by atoms with Crippen molar-refractivity contribution in [2.45, 2.75) is 32.8 Å². The van der Waals surface area contributed by atoms with Crippen molar-refractivity contribution in [2.24, 2.45) is 7.05 Å². The minimum absolute atomic E-state index is 0.0185. The molecule has 0 saturated heterocycles. The second kappa shape index (κ2) is 9.65. The summed E-state index contributed by atoms with van der Waals surface area (Å²) < 4.78 is 45.7. The number of fused-ring (bicyclic) bond motifs is 1. The number of halogens is 4. The SMILES string of the molecule is CC(=O)Cn1c(=O)n(C)c(=O)c2c1nc(Cc1cccc(OC(F)(F)F)c1)n2Cc1ccc(Cl)cc1. The summed E-state index contributed by atoms with van der Waals surface area (Å²) in [6.07, 6.45) is -4.83. The third-order valence-electron chi connectivity index (χ3n) is 5.44. The minimum atomic E-state index is -4.85. The summed E-state index contributed by atoms with van der Waals surface area (Å²) in [6.45, 7) is 1.17. The topological polar surface area (TPSA) is 88.1 Å². The van der Waals surface area contributed by atoms with Crippen LogP contribution in [0, 0.1) is 0 Å². The minimum Gasteiger partial charge on any atom is -0.406 e. The fraction of sp³-hybridized carbons (Fsp3) is 0.250. The van der Waals surface area contributed by atoms with Gasteiger partial charge in [-0.25, -0.2) is 9.78 Å². The molecule has 4 rings (SSSR count). The van der Waals surface area contributed by atoms with Crippen LogP contribution in [0.4, 0.5) is 13.2 Å². The molecule has 8 nitrogen and oxygen atoms in total. The number of rotatable bonds is 7. The van der Waals surface area contributed by atoms with E-state index >= 15 is 0 Å². The van der Waals surface area contributed by atoms with E-state index in [4.69, 9.17) is 11.6 Å². The van der Waals surface area contributed by atoms with Gasteiger partial charge < -0.3 is 9.30 Å². The number of nitrogens with zero attached hydrogens (tertiary/aromatic N) is 4. The number of hydrogen-bond acceptors (Lipinski definition) is 5. The molecule has 12 heteroatoms. The number of aromatic nitrogens is 4. The van der Waals surface area contributed by atoms with Crippen molar-refractivity contribution in [3.63, 3.8) is 0 Å². The molecule has 2 heterocycles. The first-order valence-electron chi connectivity index (χ1n) is 10.7. The lowest BCUT2D eigenvalue weighted by Gasteiger charge is -2.12. The molecule has 2 aromatic heterocycles. The summed E-state index contributed by atoms with van der Waals surface area (Å²) in [5.74, 6) is -0.406. The molecule has 0 unspecified atom stereocenters. The van der Waals surface area contributed by atoms with Gasteiger partial charge >= 0.3 is 12.1 Å². The van der Waals surface area contributed by atoms with Crippen LogP contribution in [0.2, 0.25) is 5.02 Å². The smallest absolute Gasteiger partial charge is 0.406 e. The van der Waals surface area contributed by atoms with Gasteiger partial charge in [0.2, 0.25) is 0 Å². The maximum Gasteiger partial charge on any atom is 0.573 e. The highest BCUT2D eigenvalue weighted by Gasteiger charge is 2.31. The summed E-state index contributed by atoms with van der Waals surface area (Å²) in [5, 5.41) is 0.516. The molecule has 0 bridgehead atoms. The normalized spacial score (nSPS) is 11.7. The summed E-state index contributed by atoms with van der Waals surface area (Å²) in [4.78, 5) is 42.3. The van der Waals surface area contributed by atoms with Crippen molar-refractivity contribution in [3.05, 3.63) is 91.3 Å². The Morgan fingerprint density at radius 1 is 1.06 bits per heavy atom. The van der Waals surface area contributed by atoms with Gasteiger partial charge in [-0.2, -0.15) is 0 Å². The van der Waals surface area contributed by atoms with Crippen molar-refractivity contribution < 1.29 is 22.7 Å². The summed E-state index contributed by atoms with van der Waals surface area (Å²) >= 11 is 5.99. The van der Waals surface area contributed by atoms with Crippen LogP contribution in [0.1, 0.15) is 23.9 Å². The number of ketones is 1. The number of benzene rings is 2. The Hall–Kier alpha value is -3.86. The molecule has 0 radical (unpaired) electrons. The number of carbonyl (C=O) groups excluding carboxylic acids is 1. The van der Waals surface area contributed by atoms with Crippen LogP contribution in [-0.4, -0.2) is 30.8 Å². The van der Waals surface area contributed by atoms with Crippen molar-refractivity contribution in [2.75, 3.05) is 0 Å². The maximum atomic E-state index is 13.2. The summed E-state index contributed by atoms with van der Waals surface area (Å²) in [5.41, 5.74) is -0.0132. The zero-order valence-corrected chi connectivity index (χ0v) is 19.9. The molecule has 4 aromatic rings. The standard InChI is InChI=1S/C24H20ClF3N4O4/c1-14(33)12-32-21-20(22(34)30(2)23(32)35)31(13-15-6-8-17(25)9-7-15)19(29-21)11-16-4-3-5-18(10-16)36-24(26,27)28/h3-10H,11-13H2,1-2H3. The predicted octanol–water partition coefficient (Wildman–Crippen LogP) is 3.68. The lowest BCUT2D eigenvalue weighted by Crippen LogP contribution is -2.39. The van der Waals surface area contributed by atoms with E-state index < -0.39 is 23.4 Å². The van der Waals surface area contributed by atoms with E-state index in [-0.39, 0.29) is 36.5 Å². The van der Waals surface area contributed by atoms with E-state index in [2.05, 4.69) is 9.72 Å². The Kier molecular flexibility index (Phi) is 6.77. The quantitative estimate of drug-likeness (QED) is 0.371. The molecule has 0 N–H and O–H groups in total. The van der Waals surface area contributed by atoms with Crippen molar-refractivity contribution in [1.29, 1.82) is 0 Å². The van der Waals surface area contributed by atoms with Gasteiger partial charge in [0, 0.05) is 25.0 Å². The van der Waals surface area contributed by atoms with Gasteiger partial charge in [-0.05, 0) is 42.3 Å². The molecule has 0 spiro atoms. The number of alkyl halides is 3. The van der Waals surface area contributed by atoms with Gasteiger partial charge in [0.25, 0.3) is 5.56 Å². The molecule has 0 aliphatic rings. The monoisotopic (exact) mass is 520 g/mol. The number of Topliss-reactive ketones (excluding diaryl/α,β-unsaturated/α-hetero) is 1. The van der Waals surface area contributed by atoms with Gasteiger partial charge in [0.1, 0.15) is 17.4 Å². The molecule has 0 aliphatic heterocycles. The van der Waals surface area contributed by atoms with Crippen LogP contribution in [0.25, 0.3) is 11.2 Å². The molecular weight excluding hydrogens is 501 g/mol. The Balaban J connectivity index is 1.91. The lowest BCUT2D eigenvalue weighted by molar-refractivity contribution is -0.274. The highest BCUT2D eigenvalue weighted by atomic mass is 35.5. The van der Waals surface area contributed by atoms with Crippen molar-refractivity contribution in [3.8, 4) is 5.75 Å². The average molecular weight is 521 g/mol. The zero-order chi connectivity index (χ0) is 26.2. The Morgan fingerprint density at radius 2 is 1.75 bits per heavy atom. The van der Waals surface area contributed by atoms with Gasteiger partial charge in [0.15, 0.2) is 11.2 Å². The third kappa shape index (κ3) is 5.35. The second-order valence-electron chi connectivity index (χ2n) is 8.22. The van der Waals surface area contributed by atoms with Crippen LogP contribution < -0.4 is 16.0 Å². The van der Waals surface area contributed by atoms with E-state index in [0.717, 1.165) is 14.7 Å². The largest absolute Gasteiger partial charge is 0.573 e. The van der Waals surface area contributed by atoms with E-state index in [1.54, 1.807) is 34.9 Å². The van der Waals surface area contributed by atoms with E-state index in [9.17, 15) is 27.6 Å². The predicted molar refractivity (Wildman–Crippen MR) is 126 cm³/mol. The number of imidazole rings is 1. The number of ether oxygens (including phenoxy) is 1. The summed E-state index contributed by atoms with van der Waals surface area (Å²) in [7, 11) is 1.30. The molecule has 36 heavy (non-hydrogen) atoms. The Labute approximate surface area is 207 Å². The van der Waals surface area contributed by atoms with Gasteiger partial charge in [-0.1, -0.05) is 35.9 Å². The number of hydrogen-bond donors (Lipinski definition) is 0. The highest BCUT2D eigenvalue weighted by Crippen LogP contribution is 2.25. The van der Waals surface area contributed by atoms with Crippen molar-refractivity contribution >= 4 is 28.5 Å². The Morgan fingerprint density at radius 3 is 2.39 bits per heavy atom. The molecule has 0 amide bonds. The maximum absolute atomic E-state index is 13.2. The van der Waals surface area contributed by atoms with Crippen LogP contribution in [0.5, 0.6) is 5.75 Å². The molecule has 0 saturated carbocycles. The molecule has 0 fully saturated rings. The fourth-order valence-electron chi connectivity index (χ4n) is 3.88. The van der Waals surface area contributed by atoms with Crippen LogP contribution in [0.3, 0.4) is 0 Å². The fourth-order valence-corrected chi connectivity index (χ4v) is 4.01. The second-order valence-corrected chi connectivity index (χ2v) is 8.66. The van der Waals surface area contributed by atoms with Crippen LogP contribution in [-0.2, 0) is 31.4 Å². The van der Waals surface area contributed by atoms with E-state index in [0.29, 0.717) is 16.4 Å². The molecule has 188 valence electrons. The Bertz CT molecular complexity index is 1570. The van der Waals surface area contributed by atoms with Gasteiger partial charge in [0.05, 0.1) is 6.54 Å². The van der Waals surface area contributed by atoms with E-state index in [1.165, 1.54) is 32.2 Å². The first kappa shape index (κ1) is 25.2. The van der Waals surface area contributed by atoms with Crippen LogP contribution >= 0.6 is 11.6 Å². The molecule has 0 atom stereocenters. The number of carbonyl (C=O) groups is 1. The average Bonchev–Trinajstić information content (AvgIpc) is 3.13. The van der Waals surface area contributed by atoms with Gasteiger partial charge in [-0.3, -0.25) is 18.7 Å². The third-order valence-corrected chi connectivity index (χ3v) is 5.69. The summed E-state index contributed by atoms with van der Waals surface area (Å²) in [6, 6.07) is 12.3. The van der Waals surface area contributed by atoms with E-state index in [1.807, 2.05) is 0 Å². The van der Waals surface area contributed by atoms with Gasteiger partial charge in [-0.15, -0.1) is 13.2 Å². The molecule has 2 aromatic carbocycles. The molecule has 0 aliphatic carbocycles. The van der Waals surface area contributed by atoms with Crippen LogP contribution in [0.15, 0.2) is 58.1 Å². The van der Waals surface area contributed by atoms with Crippen molar-refractivity contribution in [1.82, 2.24) is 18.7 Å². The first-order chi connectivity index (χ1) is 16.9. The lowest BCUT2D eigenvalue weighted by atomic mass is 10.1. The zero-order valence-electron chi connectivity index (χ0n) is 19.2.